The molecule has 4 rings (SSSR count). The summed E-state index contributed by atoms with van der Waals surface area (Å²) >= 11 is 1.33. The number of anilines is 1. The maximum Gasteiger partial charge on any atom is 0.312 e. The molecule has 1 saturated heterocycles. The number of carbonyl (C=O) groups excluding carboxylic acids is 3. The molecule has 0 unspecified atom stereocenters. The number of hydrogen-bond acceptors (Lipinski definition) is 7. The van der Waals surface area contributed by atoms with Gasteiger partial charge in [-0.2, -0.15) is 5.10 Å². The minimum Gasteiger partial charge on any atom is -0.455 e. The smallest absolute Gasteiger partial charge is 0.312 e. The van der Waals surface area contributed by atoms with Gasteiger partial charge in [-0.05, 0) is 12.0 Å². The average molecular weight is 412 g/mol. The lowest BCUT2D eigenvalue weighted by Gasteiger charge is -2.11. The lowest BCUT2D eigenvalue weighted by atomic mass is 10.1. The Kier molecular flexibility index (Phi) is 5.66. The van der Waals surface area contributed by atoms with Crippen LogP contribution >= 0.6 is 11.3 Å². The third-order valence-electron chi connectivity index (χ3n) is 4.72. The summed E-state index contributed by atoms with van der Waals surface area (Å²) in [6, 6.07) is 9.67. The van der Waals surface area contributed by atoms with Crippen molar-refractivity contribution in [2.45, 2.75) is 25.7 Å². The molecule has 0 atom stereocenters. The highest BCUT2D eigenvalue weighted by Crippen LogP contribution is 2.25. The summed E-state index contributed by atoms with van der Waals surface area (Å²) in [5, 5.41) is 8.02. The van der Waals surface area contributed by atoms with Crippen LogP contribution in [0, 0.1) is 0 Å². The highest BCUT2D eigenvalue weighted by Gasteiger charge is 2.25. The number of rotatable bonds is 6. The average Bonchev–Trinajstić information content (AvgIpc) is 3.47. The van der Waals surface area contributed by atoms with E-state index in [1.54, 1.807) is 10.3 Å². The Morgan fingerprint density at radius 1 is 1.14 bits per heavy atom. The van der Waals surface area contributed by atoms with Crippen molar-refractivity contribution >= 4 is 40.0 Å². The third kappa shape index (κ3) is 4.51. The first-order chi connectivity index (χ1) is 14.1. The second-order valence-corrected chi connectivity index (χ2v) is 7.62. The van der Waals surface area contributed by atoms with E-state index in [9.17, 15) is 14.4 Å². The fourth-order valence-electron chi connectivity index (χ4n) is 3.24. The molecule has 29 heavy (non-hydrogen) atoms. The molecule has 0 aliphatic carbocycles. The molecule has 1 fully saturated rings. The van der Waals surface area contributed by atoms with E-state index in [1.807, 2.05) is 30.3 Å². The van der Waals surface area contributed by atoms with Gasteiger partial charge in [-0.25, -0.2) is 9.99 Å². The second kappa shape index (κ2) is 8.52. The van der Waals surface area contributed by atoms with Crippen LogP contribution < -0.4 is 4.90 Å². The Hall–Kier alpha value is -3.07. The monoisotopic (exact) mass is 412 g/mol. The molecule has 3 heterocycles. The molecule has 2 amide bonds. The molecular weight excluding hydrogens is 392 g/mol. The zero-order chi connectivity index (χ0) is 20.2. The standard InChI is InChI=1S/C20H20N4O4S/c25-17-7-4-9-23(17)20-21-15(13-29-20)11-19(27)28-12-18(26)24-10-8-16(22-24)14-5-2-1-3-6-14/h1-3,5-6,13H,4,7-12H2. The number of benzene rings is 1. The zero-order valence-corrected chi connectivity index (χ0v) is 16.6. The van der Waals surface area contributed by atoms with E-state index in [4.69, 9.17) is 4.74 Å². The second-order valence-electron chi connectivity index (χ2n) is 6.79. The van der Waals surface area contributed by atoms with Gasteiger partial charge >= 0.3 is 5.97 Å². The summed E-state index contributed by atoms with van der Waals surface area (Å²) in [6.45, 7) is 0.776. The molecule has 9 heteroatoms. The number of carbonyl (C=O) groups is 3. The van der Waals surface area contributed by atoms with E-state index < -0.39 is 5.97 Å². The van der Waals surface area contributed by atoms with Gasteiger partial charge in [0.15, 0.2) is 11.7 Å². The van der Waals surface area contributed by atoms with Crippen molar-refractivity contribution in [1.82, 2.24) is 9.99 Å². The summed E-state index contributed by atoms with van der Waals surface area (Å²) in [6.07, 6.45) is 1.98. The molecule has 2 aliphatic heterocycles. The summed E-state index contributed by atoms with van der Waals surface area (Å²) in [7, 11) is 0. The van der Waals surface area contributed by atoms with Crippen molar-refractivity contribution in [1.29, 1.82) is 0 Å². The predicted octanol–water partition coefficient (Wildman–Crippen LogP) is 1.99. The molecule has 0 saturated carbocycles. The molecule has 1 aromatic heterocycles. The van der Waals surface area contributed by atoms with E-state index in [2.05, 4.69) is 10.1 Å². The number of amides is 2. The van der Waals surface area contributed by atoms with Crippen LogP contribution in [0.2, 0.25) is 0 Å². The van der Waals surface area contributed by atoms with Crippen LogP contribution in [0.4, 0.5) is 5.13 Å². The largest absolute Gasteiger partial charge is 0.455 e. The number of aromatic nitrogens is 1. The van der Waals surface area contributed by atoms with E-state index in [1.165, 1.54) is 16.3 Å². The number of esters is 1. The Balaban J connectivity index is 1.27. The highest BCUT2D eigenvalue weighted by molar-refractivity contribution is 7.14. The molecule has 0 N–H and O–H groups in total. The third-order valence-corrected chi connectivity index (χ3v) is 5.64. The molecular formula is C20H20N4O4S. The first kappa shape index (κ1) is 19.3. The first-order valence-electron chi connectivity index (χ1n) is 9.44. The quantitative estimate of drug-likeness (QED) is 0.677. The Morgan fingerprint density at radius 3 is 2.72 bits per heavy atom. The minimum absolute atomic E-state index is 0.0374. The van der Waals surface area contributed by atoms with Crippen LogP contribution in [-0.2, 0) is 25.5 Å². The number of ether oxygens (including phenoxy) is 1. The molecule has 0 radical (unpaired) electrons. The zero-order valence-electron chi connectivity index (χ0n) is 15.7. The topological polar surface area (TPSA) is 92.2 Å². The van der Waals surface area contributed by atoms with Crippen LogP contribution in [0.25, 0.3) is 0 Å². The van der Waals surface area contributed by atoms with Gasteiger partial charge in [-0.15, -0.1) is 11.3 Å². The van der Waals surface area contributed by atoms with E-state index in [-0.39, 0.29) is 24.8 Å². The van der Waals surface area contributed by atoms with Crippen molar-refractivity contribution in [2.24, 2.45) is 5.10 Å². The highest BCUT2D eigenvalue weighted by atomic mass is 32.1. The number of hydrazone groups is 1. The van der Waals surface area contributed by atoms with Crippen molar-refractivity contribution in [3.05, 3.63) is 47.0 Å². The van der Waals surface area contributed by atoms with Gasteiger partial charge in [0, 0.05) is 24.8 Å². The summed E-state index contributed by atoms with van der Waals surface area (Å²) < 4.78 is 5.10. The lowest BCUT2D eigenvalue weighted by Crippen LogP contribution is -2.29. The van der Waals surface area contributed by atoms with Crippen LogP contribution in [0.15, 0.2) is 40.8 Å². The first-order valence-corrected chi connectivity index (χ1v) is 10.3. The molecule has 0 spiro atoms. The molecule has 8 nitrogen and oxygen atoms in total. The fraction of sp³-hybridized carbons (Fsp3) is 0.350. The van der Waals surface area contributed by atoms with Crippen LogP contribution in [-0.4, -0.2) is 53.2 Å². The SMILES string of the molecule is O=C(Cc1csc(N2CCCC2=O)n1)OCC(=O)N1CCC(c2ccccc2)=N1. The molecule has 2 aromatic rings. The Bertz CT molecular complexity index is 956. The minimum atomic E-state index is -0.533. The fourth-order valence-corrected chi connectivity index (χ4v) is 4.11. The van der Waals surface area contributed by atoms with E-state index in [0.29, 0.717) is 36.8 Å². The van der Waals surface area contributed by atoms with Crippen LogP contribution in [0.3, 0.4) is 0 Å². The summed E-state index contributed by atoms with van der Waals surface area (Å²) in [4.78, 5) is 42.1. The number of nitrogens with zero attached hydrogens (tertiary/aromatic N) is 4. The Labute approximate surface area is 171 Å². The molecule has 1 aromatic carbocycles. The lowest BCUT2D eigenvalue weighted by molar-refractivity contribution is -0.151. The van der Waals surface area contributed by atoms with Crippen LogP contribution in [0.5, 0.6) is 0 Å². The van der Waals surface area contributed by atoms with Gasteiger partial charge in [0.2, 0.25) is 5.91 Å². The molecule has 150 valence electrons. The number of hydrogen-bond donors (Lipinski definition) is 0. The summed E-state index contributed by atoms with van der Waals surface area (Å²) in [5.41, 5.74) is 2.36. The summed E-state index contributed by atoms with van der Waals surface area (Å²) in [5.74, 6) is -0.833. The van der Waals surface area contributed by atoms with Crippen molar-refractivity contribution in [3.63, 3.8) is 0 Å². The predicted molar refractivity (Wildman–Crippen MR) is 108 cm³/mol. The van der Waals surface area contributed by atoms with E-state index >= 15 is 0 Å². The van der Waals surface area contributed by atoms with Crippen molar-refractivity contribution in [3.8, 4) is 0 Å². The van der Waals surface area contributed by atoms with Gasteiger partial charge in [0.1, 0.15) is 0 Å². The maximum absolute atomic E-state index is 12.3. The van der Waals surface area contributed by atoms with Gasteiger partial charge in [0.25, 0.3) is 5.91 Å². The number of thiazole rings is 1. The van der Waals surface area contributed by atoms with Gasteiger partial charge in [-0.1, -0.05) is 30.3 Å². The van der Waals surface area contributed by atoms with Gasteiger partial charge in [-0.3, -0.25) is 19.3 Å². The van der Waals surface area contributed by atoms with Gasteiger partial charge < -0.3 is 4.74 Å². The van der Waals surface area contributed by atoms with Crippen molar-refractivity contribution in [2.75, 3.05) is 24.6 Å². The molecule has 2 aliphatic rings. The van der Waals surface area contributed by atoms with Crippen LogP contribution in [0.1, 0.15) is 30.5 Å². The normalized spacial score (nSPS) is 16.3. The van der Waals surface area contributed by atoms with Gasteiger partial charge in [0.05, 0.1) is 24.4 Å². The maximum atomic E-state index is 12.3. The van der Waals surface area contributed by atoms with E-state index in [0.717, 1.165) is 17.7 Å². The Morgan fingerprint density at radius 2 is 1.97 bits per heavy atom. The molecule has 0 bridgehead atoms. The van der Waals surface area contributed by atoms with Crippen molar-refractivity contribution < 1.29 is 19.1 Å².